The first kappa shape index (κ1) is 44.5. The van der Waals surface area contributed by atoms with Crippen molar-refractivity contribution in [2.75, 3.05) is 14.1 Å². The van der Waals surface area contributed by atoms with Gasteiger partial charge < -0.3 is 46.6 Å². The number of aliphatic carboxylic acids is 1. The van der Waals surface area contributed by atoms with Crippen LogP contribution in [0.1, 0.15) is 83.8 Å². The molecule has 2 aromatic rings. The Morgan fingerprint density at radius 3 is 1.72 bits per heavy atom. The van der Waals surface area contributed by atoms with Gasteiger partial charge in [-0.1, -0.05) is 77.1 Å². The van der Waals surface area contributed by atoms with Gasteiger partial charge in [-0.15, -0.1) is 0 Å². The van der Waals surface area contributed by atoms with Crippen LogP contribution in [0.2, 0.25) is 0 Å². The van der Waals surface area contributed by atoms with E-state index in [1.807, 2.05) is 13.8 Å². The third kappa shape index (κ3) is 15.1. The zero-order valence-corrected chi connectivity index (χ0v) is 31.8. The van der Waals surface area contributed by atoms with Gasteiger partial charge in [-0.05, 0) is 68.1 Å². The highest BCUT2D eigenvalue weighted by molar-refractivity contribution is 5.95. The highest BCUT2D eigenvalue weighted by Gasteiger charge is 2.35. The van der Waals surface area contributed by atoms with Crippen molar-refractivity contribution < 1.29 is 44.4 Å². The van der Waals surface area contributed by atoms with Crippen molar-refractivity contribution in [1.82, 2.24) is 26.2 Å². The number of aromatic hydroxyl groups is 2. The lowest BCUT2D eigenvalue weighted by atomic mass is 9.99. The maximum Gasteiger partial charge on any atom is 0.326 e. The van der Waals surface area contributed by atoms with E-state index in [0.29, 0.717) is 17.5 Å². The Bertz CT molecular complexity index is 1470. The SMILES string of the molecule is CCCCCCCC(NC)C(O)C(=O)NC(C)C(=O)N(C)C(CC(C)C)C(=O)NC(Cc1ccc(O)cc1)C(=O)NC(Cc1ccc(O)cc1)C(=O)O. The number of phenols is 2. The van der Waals surface area contributed by atoms with Crippen molar-refractivity contribution in [2.24, 2.45) is 5.92 Å². The van der Waals surface area contributed by atoms with E-state index < -0.39 is 65.9 Å². The van der Waals surface area contributed by atoms with Crippen LogP contribution in [0.25, 0.3) is 0 Å². The molecule has 0 heterocycles. The lowest BCUT2D eigenvalue weighted by molar-refractivity contribution is -0.144. The number of likely N-dealkylation sites (N-methyl/N-ethyl adjacent to an activating group) is 2. The lowest BCUT2D eigenvalue weighted by Gasteiger charge is -2.32. The number of phenolic OH excluding ortho intramolecular Hbond substituents is 2. The summed E-state index contributed by atoms with van der Waals surface area (Å²) in [6.07, 6.45) is 4.33. The predicted octanol–water partition coefficient (Wildman–Crippen LogP) is 2.62. The highest BCUT2D eigenvalue weighted by atomic mass is 16.4. The number of aliphatic hydroxyl groups excluding tert-OH is 1. The number of aliphatic hydroxyl groups is 1. The van der Waals surface area contributed by atoms with Crippen molar-refractivity contribution in [2.45, 2.75) is 122 Å². The fourth-order valence-corrected chi connectivity index (χ4v) is 6.00. The standard InChI is InChI=1S/C39H59N5O9/c1-7-8-9-10-11-12-30(40-5)34(47)37(50)41-25(4)38(51)44(6)33(21-24(2)3)36(49)42-31(22-26-13-17-28(45)18-14-26)35(48)43-32(39(52)53)23-27-15-19-29(46)20-16-27/h13-20,24-25,30-34,40,45-47H,7-12,21-23H2,1-6H3,(H,41,50)(H,42,49)(H,43,48)(H,52,53). The van der Waals surface area contributed by atoms with Crippen molar-refractivity contribution in [1.29, 1.82) is 0 Å². The van der Waals surface area contributed by atoms with E-state index in [0.717, 1.165) is 32.1 Å². The molecule has 53 heavy (non-hydrogen) atoms. The topological polar surface area (TPSA) is 218 Å². The van der Waals surface area contributed by atoms with Gasteiger partial charge in [0.2, 0.25) is 17.7 Å². The number of carboxylic acid groups (broad SMARTS) is 1. The van der Waals surface area contributed by atoms with Crippen LogP contribution < -0.4 is 21.3 Å². The van der Waals surface area contributed by atoms with Crippen LogP contribution in [-0.4, -0.2) is 105 Å². The Hall–Kier alpha value is -4.69. The Kier molecular flexibility index (Phi) is 18.8. The van der Waals surface area contributed by atoms with Gasteiger partial charge in [0.15, 0.2) is 0 Å². The van der Waals surface area contributed by atoms with E-state index in [9.17, 15) is 44.4 Å². The van der Waals surface area contributed by atoms with Crippen molar-refractivity contribution in [3.63, 3.8) is 0 Å². The number of hydrogen-bond donors (Lipinski definition) is 8. The molecule has 2 aromatic carbocycles. The third-order valence-electron chi connectivity index (χ3n) is 9.18. The molecule has 0 saturated carbocycles. The zero-order chi connectivity index (χ0) is 39.7. The van der Waals surface area contributed by atoms with Crippen LogP contribution in [0.4, 0.5) is 0 Å². The summed E-state index contributed by atoms with van der Waals surface area (Å²) in [5.74, 6) is -4.15. The summed E-state index contributed by atoms with van der Waals surface area (Å²) >= 11 is 0. The van der Waals surface area contributed by atoms with E-state index in [1.54, 1.807) is 19.2 Å². The van der Waals surface area contributed by atoms with Crippen LogP contribution in [0.3, 0.4) is 0 Å². The second-order valence-electron chi connectivity index (χ2n) is 14.1. The molecule has 0 aliphatic heterocycles. The van der Waals surface area contributed by atoms with Gasteiger partial charge >= 0.3 is 5.97 Å². The van der Waals surface area contributed by atoms with Gasteiger partial charge in [-0.25, -0.2) is 4.79 Å². The molecule has 0 aromatic heterocycles. The summed E-state index contributed by atoms with van der Waals surface area (Å²) in [4.78, 5) is 67.7. The molecular weight excluding hydrogens is 682 g/mol. The Balaban J connectivity index is 2.24. The monoisotopic (exact) mass is 741 g/mol. The zero-order valence-electron chi connectivity index (χ0n) is 31.8. The third-order valence-corrected chi connectivity index (χ3v) is 9.18. The van der Waals surface area contributed by atoms with Gasteiger partial charge in [0, 0.05) is 25.9 Å². The van der Waals surface area contributed by atoms with E-state index >= 15 is 0 Å². The quantitative estimate of drug-likeness (QED) is 0.0779. The molecule has 6 unspecified atom stereocenters. The molecule has 0 saturated heterocycles. The maximum absolute atomic E-state index is 14.0. The summed E-state index contributed by atoms with van der Waals surface area (Å²) < 4.78 is 0. The first-order valence-electron chi connectivity index (χ1n) is 18.4. The number of nitrogens with zero attached hydrogens (tertiary/aromatic N) is 1. The minimum Gasteiger partial charge on any atom is -0.508 e. The molecule has 0 spiro atoms. The predicted molar refractivity (Wildman–Crippen MR) is 201 cm³/mol. The number of amides is 4. The van der Waals surface area contributed by atoms with Gasteiger partial charge in [0.25, 0.3) is 5.91 Å². The second kappa shape index (κ2) is 22.4. The van der Waals surface area contributed by atoms with E-state index in [2.05, 4.69) is 28.2 Å². The van der Waals surface area contributed by atoms with Gasteiger partial charge in [-0.3, -0.25) is 19.2 Å². The summed E-state index contributed by atoms with van der Waals surface area (Å²) in [6.45, 7) is 7.32. The van der Waals surface area contributed by atoms with Gasteiger partial charge in [-0.2, -0.15) is 0 Å². The molecule has 0 bridgehead atoms. The fraction of sp³-hybridized carbons (Fsp3) is 0.564. The minimum atomic E-state index is -1.40. The van der Waals surface area contributed by atoms with E-state index in [-0.39, 0.29) is 36.7 Å². The number of rotatable bonds is 23. The van der Waals surface area contributed by atoms with E-state index in [1.165, 1.54) is 55.3 Å². The maximum atomic E-state index is 14.0. The Morgan fingerprint density at radius 2 is 1.23 bits per heavy atom. The molecule has 0 aliphatic carbocycles. The number of hydrogen-bond acceptors (Lipinski definition) is 9. The molecule has 0 radical (unpaired) electrons. The Labute approximate surface area is 312 Å². The average Bonchev–Trinajstić information content (AvgIpc) is 3.12. The molecule has 6 atom stereocenters. The first-order chi connectivity index (χ1) is 25.1. The largest absolute Gasteiger partial charge is 0.508 e. The molecule has 4 amide bonds. The minimum absolute atomic E-state index is 0.000956. The summed E-state index contributed by atoms with van der Waals surface area (Å²) in [7, 11) is 3.09. The van der Waals surface area contributed by atoms with Crippen LogP contribution in [0.15, 0.2) is 48.5 Å². The van der Waals surface area contributed by atoms with Crippen molar-refractivity contribution in [3.8, 4) is 11.5 Å². The van der Waals surface area contributed by atoms with Crippen LogP contribution >= 0.6 is 0 Å². The molecule has 14 heteroatoms. The summed E-state index contributed by atoms with van der Waals surface area (Å²) in [6, 6.07) is 6.52. The van der Waals surface area contributed by atoms with Gasteiger partial charge in [0.05, 0.1) is 0 Å². The van der Waals surface area contributed by atoms with Crippen LogP contribution in [0, 0.1) is 5.92 Å². The number of carboxylic acids is 1. The molecule has 0 aliphatic rings. The molecule has 0 fully saturated rings. The number of carbonyl (C=O) groups excluding carboxylic acids is 4. The summed E-state index contributed by atoms with van der Waals surface area (Å²) in [5, 5.41) is 50.9. The number of unbranched alkanes of at least 4 members (excludes halogenated alkanes) is 4. The number of benzene rings is 2. The first-order valence-corrected chi connectivity index (χ1v) is 18.4. The molecule has 8 N–H and O–H groups in total. The number of carbonyl (C=O) groups is 5. The molecule has 294 valence electrons. The normalized spacial score (nSPS) is 14.6. The summed E-state index contributed by atoms with van der Waals surface area (Å²) in [5.41, 5.74) is 1.11. The van der Waals surface area contributed by atoms with Gasteiger partial charge in [0.1, 0.15) is 41.8 Å². The van der Waals surface area contributed by atoms with Crippen molar-refractivity contribution >= 4 is 29.6 Å². The van der Waals surface area contributed by atoms with Crippen LogP contribution in [0.5, 0.6) is 11.5 Å². The molecular formula is C39H59N5O9. The van der Waals surface area contributed by atoms with Crippen molar-refractivity contribution in [3.05, 3.63) is 59.7 Å². The average molecular weight is 742 g/mol. The number of nitrogens with one attached hydrogen (secondary N) is 4. The lowest BCUT2D eigenvalue weighted by Crippen LogP contribution is -2.59. The second-order valence-corrected chi connectivity index (χ2v) is 14.1. The molecule has 2 rings (SSSR count). The molecule has 14 nitrogen and oxygen atoms in total. The smallest absolute Gasteiger partial charge is 0.326 e. The highest BCUT2D eigenvalue weighted by Crippen LogP contribution is 2.17. The van der Waals surface area contributed by atoms with E-state index in [4.69, 9.17) is 0 Å². The fourth-order valence-electron chi connectivity index (χ4n) is 6.00. The Morgan fingerprint density at radius 1 is 0.717 bits per heavy atom. The van der Waals surface area contributed by atoms with Crippen LogP contribution in [-0.2, 0) is 36.8 Å².